The summed E-state index contributed by atoms with van der Waals surface area (Å²) in [5, 5.41) is 1.35. The maximum absolute atomic E-state index is 12.9. The third kappa shape index (κ3) is 2.33. The van der Waals surface area contributed by atoms with Crippen molar-refractivity contribution in [1.82, 2.24) is 9.97 Å². The standard InChI is InChI=1S/C14H12FN3O2/c1-2-19-18(13-8-7-10(15)9-16-13)14-17-11-5-3-4-6-12(11)20-14/h3-9H,2H2,1H3. The van der Waals surface area contributed by atoms with Gasteiger partial charge in [-0.15, -0.1) is 0 Å². The van der Waals surface area contributed by atoms with Gasteiger partial charge in [0.2, 0.25) is 0 Å². The molecule has 0 aliphatic heterocycles. The van der Waals surface area contributed by atoms with Crippen LogP contribution in [0.25, 0.3) is 11.1 Å². The largest absolute Gasteiger partial charge is 0.422 e. The van der Waals surface area contributed by atoms with Crippen molar-refractivity contribution in [1.29, 1.82) is 0 Å². The second-order valence-corrected chi connectivity index (χ2v) is 4.01. The van der Waals surface area contributed by atoms with E-state index in [2.05, 4.69) is 9.97 Å². The van der Waals surface area contributed by atoms with Crippen LogP contribution < -0.4 is 5.06 Å². The highest BCUT2D eigenvalue weighted by atomic mass is 19.1. The van der Waals surface area contributed by atoms with Crippen LogP contribution in [0.2, 0.25) is 0 Å². The molecule has 20 heavy (non-hydrogen) atoms. The Hall–Kier alpha value is -2.47. The van der Waals surface area contributed by atoms with Crippen LogP contribution in [-0.4, -0.2) is 16.6 Å². The number of pyridine rings is 1. The number of rotatable bonds is 4. The minimum Gasteiger partial charge on any atom is -0.422 e. The zero-order chi connectivity index (χ0) is 13.9. The Morgan fingerprint density at radius 1 is 1.25 bits per heavy atom. The minimum absolute atomic E-state index is 0.257. The van der Waals surface area contributed by atoms with Crippen LogP contribution in [0.15, 0.2) is 47.0 Å². The van der Waals surface area contributed by atoms with Crippen LogP contribution in [-0.2, 0) is 4.84 Å². The van der Waals surface area contributed by atoms with Gasteiger partial charge in [0, 0.05) is 0 Å². The first-order valence-corrected chi connectivity index (χ1v) is 6.18. The van der Waals surface area contributed by atoms with E-state index in [9.17, 15) is 4.39 Å². The highest BCUT2D eigenvalue weighted by molar-refractivity contribution is 5.74. The summed E-state index contributed by atoms with van der Waals surface area (Å²) in [6.07, 6.45) is 1.12. The number of hydrogen-bond acceptors (Lipinski definition) is 5. The molecule has 0 fully saturated rings. The van der Waals surface area contributed by atoms with Crippen LogP contribution in [0.1, 0.15) is 6.92 Å². The normalized spacial score (nSPS) is 10.9. The SMILES string of the molecule is CCON(c1ccc(F)cn1)c1nc2ccccc2o1. The molecular weight excluding hydrogens is 261 g/mol. The summed E-state index contributed by atoms with van der Waals surface area (Å²) in [6, 6.07) is 10.4. The van der Waals surface area contributed by atoms with Crippen LogP contribution >= 0.6 is 0 Å². The lowest BCUT2D eigenvalue weighted by Crippen LogP contribution is -2.19. The van der Waals surface area contributed by atoms with Gasteiger partial charge >= 0.3 is 6.01 Å². The average molecular weight is 273 g/mol. The van der Waals surface area contributed by atoms with Crippen LogP contribution in [0.5, 0.6) is 0 Å². The number of nitrogens with zero attached hydrogens (tertiary/aromatic N) is 3. The zero-order valence-corrected chi connectivity index (χ0v) is 10.8. The van der Waals surface area contributed by atoms with E-state index in [4.69, 9.17) is 9.25 Å². The number of oxazole rings is 1. The Morgan fingerprint density at radius 3 is 2.80 bits per heavy atom. The van der Waals surface area contributed by atoms with Crippen molar-refractivity contribution >= 4 is 22.9 Å². The van der Waals surface area contributed by atoms with Crippen molar-refractivity contribution in [2.45, 2.75) is 6.92 Å². The van der Waals surface area contributed by atoms with Gasteiger partial charge in [0.15, 0.2) is 11.4 Å². The van der Waals surface area contributed by atoms with Crippen molar-refractivity contribution in [3.05, 3.63) is 48.4 Å². The van der Waals surface area contributed by atoms with E-state index in [1.165, 1.54) is 17.2 Å². The molecule has 0 unspecified atom stereocenters. The topological polar surface area (TPSA) is 51.4 Å². The number of halogens is 1. The molecule has 0 aliphatic carbocycles. The fourth-order valence-corrected chi connectivity index (χ4v) is 1.78. The molecule has 0 radical (unpaired) electrons. The molecule has 0 N–H and O–H groups in total. The fraction of sp³-hybridized carbons (Fsp3) is 0.143. The Balaban J connectivity index is 2.03. The fourth-order valence-electron chi connectivity index (χ4n) is 1.78. The molecular formula is C14H12FN3O2. The summed E-state index contributed by atoms with van der Waals surface area (Å²) in [6.45, 7) is 2.23. The van der Waals surface area contributed by atoms with Gasteiger partial charge in [-0.05, 0) is 31.2 Å². The molecule has 2 aromatic heterocycles. The molecule has 0 saturated heterocycles. The van der Waals surface area contributed by atoms with Gasteiger partial charge in [-0.3, -0.25) is 4.84 Å². The number of fused-ring (bicyclic) bond motifs is 1. The van der Waals surface area contributed by atoms with E-state index < -0.39 is 5.82 Å². The molecule has 0 saturated carbocycles. The number of benzene rings is 1. The monoisotopic (exact) mass is 273 g/mol. The molecule has 1 aromatic carbocycles. The Labute approximate surface area is 114 Å². The Kier molecular flexibility index (Phi) is 3.30. The molecule has 0 bridgehead atoms. The molecule has 0 aliphatic rings. The molecule has 5 nitrogen and oxygen atoms in total. The lowest BCUT2D eigenvalue weighted by atomic mass is 10.3. The van der Waals surface area contributed by atoms with Gasteiger partial charge < -0.3 is 4.42 Å². The summed E-state index contributed by atoms with van der Waals surface area (Å²) in [7, 11) is 0. The van der Waals surface area contributed by atoms with Gasteiger partial charge in [-0.2, -0.15) is 10.0 Å². The average Bonchev–Trinajstić information content (AvgIpc) is 2.89. The minimum atomic E-state index is -0.414. The number of anilines is 2. The third-order valence-corrected chi connectivity index (χ3v) is 2.63. The lowest BCUT2D eigenvalue weighted by Gasteiger charge is -2.17. The summed E-state index contributed by atoms with van der Waals surface area (Å²) in [5.74, 6) is -0.0115. The van der Waals surface area contributed by atoms with Gasteiger partial charge in [0.25, 0.3) is 0 Å². The Bertz CT molecular complexity index is 679. The van der Waals surface area contributed by atoms with Crippen LogP contribution in [0.4, 0.5) is 16.2 Å². The van der Waals surface area contributed by atoms with Gasteiger partial charge in [0.05, 0.1) is 12.8 Å². The van der Waals surface area contributed by atoms with E-state index in [0.29, 0.717) is 23.5 Å². The van der Waals surface area contributed by atoms with Crippen molar-refractivity contribution in [3.8, 4) is 0 Å². The van der Waals surface area contributed by atoms with E-state index in [0.717, 1.165) is 6.20 Å². The van der Waals surface area contributed by atoms with Crippen molar-refractivity contribution in [2.75, 3.05) is 11.7 Å². The first-order chi connectivity index (χ1) is 9.78. The maximum Gasteiger partial charge on any atom is 0.329 e. The van der Waals surface area contributed by atoms with E-state index in [-0.39, 0.29) is 6.01 Å². The van der Waals surface area contributed by atoms with Crippen molar-refractivity contribution < 1.29 is 13.6 Å². The molecule has 6 heteroatoms. The van der Waals surface area contributed by atoms with E-state index in [1.54, 1.807) is 0 Å². The van der Waals surface area contributed by atoms with Crippen molar-refractivity contribution in [3.63, 3.8) is 0 Å². The predicted octanol–water partition coefficient (Wildman–Crippen LogP) is 3.45. The molecule has 2 heterocycles. The molecule has 0 atom stereocenters. The number of aromatic nitrogens is 2. The maximum atomic E-state index is 12.9. The third-order valence-electron chi connectivity index (χ3n) is 2.63. The summed E-state index contributed by atoms with van der Waals surface area (Å²) < 4.78 is 18.6. The molecule has 3 aromatic rings. The molecule has 102 valence electrons. The second kappa shape index (κ2) is 5.26. The first-order valence-electron chi connectivity index (χ1n) is 6.18. The summed E-state index contributed by atoms with van der Waals surface area (Å²) in [5.41, 5.74) is 1.36. The van der Waals surface area contributed by atoms with Crippen molar-refractivity contribution in [2.24, 2.45) is 0 Å². The van der Waals surface area contributed by atoms with Gasteiger partial charge in [-0.1, -0.05) is 12.1 Å². The lowest BCUT2D eigenvalue weighted by molar-refractivity contribution is 0.135. The van der Waals surface area contributed by atoms with E-state index >= 15 is 0 Å². The first kappa shape index (κ1) is 12.6. The zero-order valence-electron chi connectivity index (χ0n) is 10.8. The highest BCUT2D eigenvalue weighted by Gasteiger charge is 2.18. The Morgan fingerprint density at radius 2 is 2.10 bits per heavy atom. The second-order valence-electron chi connectivity index (χ2n) is 4.01. The van der Waals surface area contributed by atoms with Gasteiger partial charge in [0.1, 0.15) is 11.3 Å². The summed E-state index contributed by atoms with van der Waals surface area (Å²) in [4.78, 5) is 13.8. The molecule has 3 rings (SSSR count). The quantitative estimate of drug-likeness (QED) is 0.681. The van der Waals surface area contributed by atoms with E-state index in [1.807, 2.05) is 31.2 Å². The highest BCUT2D eigenvalue weighted by Crippen LogP contribution is 2.27. The van der Waals surface area contributed by atoms with Crippen LogP contribution in [0.3, 0.4) is 0 Å². The van der Waals surface area contributed by atoms with Gasteiger partial charge in [-0.25, -0.2) is 9.37 Å². The summed E-state index contributed by atoms with van der Waals surface area (Å²) >= 11 is 0. The smallest absolute Gasteiger partial charge is 0.329 e. The number of hydrogen-bond donors (Lipinski definition) is 0. The molecule has 0 spiro atoms. The number of para-hydroxylation sites is 2. The molecule has 0 amide bonds. The van der Waals surface area contributed by atoms with Crippen LogP contribution in [0, 0.1) is 5.82 Å². The predicted molar refractivity (Wildman–Crippen MR) is 72.0 cm³/mol.